The number of rotatable bonds is 2. The number of halogens is 3. The number of hydrogen-bond donors (Lipinski definition) is 1. The van der Waals surface area contributed by atoms with Gasteiger partial charge in [0.2, 0.25) is 0 Å². The van der Waals surface area contributed by atoms with Crippen molar-refractivity contribution in [1.29, 1.82) is 0 Å². The van der Waals surface area contributed by atoms with E-state index in [2.05, 4.69) is 25.5 Å². The van der Waals surface area contributed by atoms with Crippen LogP contribution < -0.4 is 10.2 Å². The molecule has 0 aliphatic carbocycles. The molecule has 0 saturated heterocycles. The lowest BCUT2D eigenvalue weighted by Crippen LogP contribution is -2.13. The first-order valence-electron chi connectivity index (χ1n) is 7.32. The molecule has 0 bridgehead atoms. The van der Waals surface area contributed by atoms with E-state index in [0.29, 0.717) is 4.52 Å². The topological polar surface area (TPSA) is 58.3 Å². The van der Waals surface area contributed by atoms with Crippen molar-refractivity contribution in [3.05, 3.63) is 41.7 Å². The van der Waals surface area contributed by atoms with Crippen LogP contribution in [0.5, 0.6) is 0 Å². The molecule has 3 heterocycles. The fourth-order valence-corrected chi connectivity index (χ4v) is 2.80. The van der Waals surface area contributed by atoms with Crippen molar-refractivity contribution in [2.45, 2.75) is 12.6 Å². The largest absolute Gasteiger partial charge is 0.453 e. The van der Waals surface area contributed by atoms with E-state index in [1.165, 1.54) is 11.6 Å². The molecule has 124 valence electrons. The average Bonchev–Trinajstić information content (AvgIpc) is 3.11. The van der Waals surface area contributed by atoms with Crippen molar-refractivity contribution in [2.24, 2.45) is 0 Å². The molecule has 1 aromatic carbocycles. The standard InChI is InChI=1S/C15H13F3N6/c1-23-7-6-9-2-3-10(8-11(9)23)19-12-4-5-13-20-21-14(15(16,17)18)24(13)22-12/h2-5,8H,6-7H2,1H3,(H,19,22). The van der Waals surface area contributed by atoms with E-state index in [-0.39, 0.29) is 11.5 Å². The van der Waals surface area contributed by atoms with Crippen molar-refractivity contribution in [2.75, 3.05) is 23.8 Å². The van der Waals surface area contributed by atoms with Crippen LogP contribution >= 0.6 is 0 Å². The summed E-state index contributed by atoms with van der Waals surface area (Å²) >= 11 is 0. The van der Waals surface area contributed by atoms with Gasteiger partial charge in [-0.1, -0.05) is 6.07 Å². The Bertz CT molecular complexity index is 917. The maximum atomic E-state index is 12.9. The number of alkyl halides is 3. The summed E-state index contributed by atoms with van der Waals surface area (Å²) in [6.45, 7) is 0.957. The Kier molecular flexibility index (Phi) is 3.12. The SMILES string of the molecule is CN1CCc2ccc(Nc3ccc4nnc(C(F)(F)F)n4n3)cc21. The molecule has 9 heteroatoms. The molecule has 0 unspecified atom stereocenters. The first-order valence-corrected chi connectivity index (χ1v) is 7.32. The van der Waals surface area contributed by atoms with E-state index in [9.17, 15) is 13.2 Å². The summed E-state index contributed by atoms with van der Waals surface area (Å²) in [7, 11) is 2.01. The van der Waals surface area contributed by atoms with Gasteiger partial charge in [-0.25, -0.2) is 0 Å². The van der Waals surface area contributed by atoms with Crippen LogP contribution in [-0.2, 0) is 12.6 Å². The number of likely N-dealkylation sites (N-methyl/N-ethyl adjacent to an activating group) is 1. The maximum Gasteiger partial charge on any atom is 0.453 e. The highest BCUT2D eigenvalue weighted by Crippen LogP contribution is 2.31. The molecular formula is C15H13F3N6. The zero-order chi connectivity index (χ0) is 16.9. The molecule has 0 radical (unpaired) electrons. The Morgan fingerprint density at radius 3 is 2.75 bits per heavy atom. The molecule has 1 aliphatic rings. The third-order valence-corrected chi connectivity index (χ3v) is 4.00. The van der Waals surface area contributed by atoms with Crippen molar-refractivity contribution in [3.8, 4) is 0 Å². The van der Waals surface area contributed by atoms with Crippen LogP contribution in [-0.4, -0.2) is 33.4 Å². The van der Waals surface area contributed by atoms with Crippen LogP contribution in [0.4, 0.5) is 30.4 Å². The van der Waals surface area contributed by atoms with Gasteiger partial charge in [-0.2, -0.15) is 17.7 Å². The summed E-state index contributed by atoms with van der Waals surface area (Å²) in [5.74, 6) is -0.858. The second-order valence-corrected chi connectivity index (χ2v) is 5.65. The van der Waals surface area contributed by atoms with Crippen LogP contribution in [0.1, 0.15) is 11.4 Å². The minimum absolute atomic E-state index is 0.0431. The molecule has 2 aromatic heterocycles. The third kappa shape index (κ3) is 2.41. The van der Waals surface area contributed by atoms with Gasteiger partial charge < -0.3 is 10.2 Å². The highest BCUT2D eigenvalue weighted by Gasteiger charge is 2.37. The number of hydrogen-bond acceptors (Lipinski definition) is 5. The van der Waals surface area contributed by atoms with Gasteiger partial charge in [0.05, 0.1) is 0 Å². The summed E-state index contributed by atoms with van der Waals surface area (Å²) < 4.78 is 39.4. The Morgan fingerprint density at radius 2 is 1.96 bits per heavy atom. The second kappa shape index (κ2) is 5.08. The van der Waals surface area contributed by atoms with Gasteiger partial charge in [0, 0.05) is 25.0 Å². The van der Waals surface area contributed by atoms with Gasteiger partial charge in [0.15, 0.2) is 11.5 Å². The molecule has 0 atom stereocenters. The van der Waals surface area contributed by atoms with Gasteiger partial charge in [-0.05, 0) is 36.2 Å². The van der Waals surface area contributed by atoms with E-state index in [1.807, 2.05) is 25.2 Å². The minimum atomic E-state index is -4.61. The van der Waals surface area contributed by atoms with Crippen LogP contribution in [0.25, 0.3) is 5.65 Å². The molecule has 0 spiro atoms. The zero-order valence-corrected chi connectivity index (χ0v) is 12.7. The number of nitrogens with one attached hydrogen (secondary N) is 1. The molecular weight excluding hydrogens is 321 g/mol. The second-order valence-electron chi connectivity index (χ2n) is 5.65. The highest BCUT2D eigenvalue weighted by atomic mass is 19.4. The number of nitrogens with zero attached hydrogens (tertiary/aromatic N) is 5. The molecule has 4 rings (SSSR count). The van der Waals surface area contributed by atoms with Crippen molar-refractivity contribution in [3.63, 3.8) is 0 Å². The highest BCUT2D eigenvalue weighted by molar-refractivity contribution is 5.68. The molecule has 3 aromatic rings. The lowest BCUT2D eigenvalue weighted by Gasteiger charge is -2.14. The summed E-state index contributed by atoms with van der Waals surface area (Å²) in [5.41, 5.74) is 3.17. The molecule has 0 fully saturated rings. The molecule has 0 amide bonds. The predicted octanol–water partition coefficient (Wildman–Crippen LogP) is 2.88. The monoisotopic (exact) mass is 334 g/mol. The Morgan fingerprint density at radius 1 is 1.12 bits per heavy atom. The smallest absolute Gasteiger partial charge is 0.374 e. The first-order chi connectivity index (χ1) is 11.4. The van der Waals surface area contributed by atoms with Gasteiger partial charge >= 0.3 is 6.18 Å². The Labute approximate surface area is 134 Å². The summed E-state index contributed by atoms with van der Waals surface area (Å²) in [6.07, 6.45) is -3.62. The molecule has 24 heavy (non-hydrogen) atoms. The van der Waals surface area contributed by atoms with E-state index in [4.69, 9.17) is 0 Å². The lowest BCUT2D eigenvalue weighted by atomic mass is 10.1. The van der Waals surface area contributed by atoms with Gasteiger partial charge in [-0.3, -0.25) is 0 Å². The van der Waals surface area contributed by atoms with Crippen LogP contribution in [0.2, 0.25) is 0 Å². The number of benzene rings is 1. The predicted molar refractivity (Wildman–Crippen MR) is 82.5 cm³/mol. The number of aromatic nitrogens is 4. The molecule has 1 N–H and O–H groups in total. The minimum Gasteiger partial charge on any atom is -0.374 e. The average molecular weight is 334 g/mol. The first kappa shape index (κ1) is 14.7. The van der Waals surface area contributed by atoms with Gasteiger partial charge in [0.25, 0.3) is 5.82 Å². The normalized spacial score (nSPS) is 14.2. The van der Waals surface area contributed by atoms with Gasteiger partial charge in [-0.15, -0.1) is 15.3 Å². The molecule has 1 aliphatic heterocycles. The number of fused-ring (bicyclic) bond motifs is 2. The zero-order valence-electron chi connectivity index (χ0n) is 12.7. The lowest BCUT2D eigenvalue weighted by molar-refractivity contribution is -0.146. The van der Waals surface area contributed by atoms with E-state index < -0.39 is 12.0 Å². The van der Waals surface area contributed by atoms with Crippen molar-refractivity contribution < 1.29 is 13.2 Å². The Balaban J connectivity index is 1.69. The molecule has 6 nitrogen and oxygen atoms in total. The van der Waals surface area contributed by atoms with E-state index in [1.54, 1.807) is 6.07 Å². The van der Waals surface area contributed by atoms with Crippen LogP contribution in [0.3, 0.4) is 0 Å². The summed E-state index contributed by atoms with van der Waals surface area (Å²) in [5, 5.41) is 13.6. The fraction of sp³-hybridized carbons (Fsp3) is 0.267. The maximum absolute atomic E-state index is 12.9. The molecule has 0 saturated carbocycles. The van der Waals surface area contributed by atoms with Crippen LogP contribution in [0, 0.1) is 0 Å². The number of anilines is 3. The van der Waals surface area contributed by atoms with E-state index >= 15 is 0 Å². The van der Waals surface area contributed by atoms with Crippen molar-refractivity contribution in [1.82, 2.24) is 19.8 Å². The van der Waals surface area contributed by atoms with Crippen molar-refractivity contribution >= 4 is 22.8 Å². The summed E-state index contributed by atoms with van der Waals surface area (Å²) in [6, 6.07) is 8.88. The Hall–Kier alpha value is -2.84. The summed E-state index contributed by atoms with van der Waals surface area (Å²) in [4.78, 5) is 2.14. The third-order valence-electron chi connectivity index (χ3n) is 4.00. The quantitative estimate of drug-likeness (QED) is 0.781. The van der Waals surface area contributed by atoms with Gasteiger partial charge in [0.1, 0.15) is 0 Å². The van der Waals surface area contributed by atoms with E-state index in [0.717, 1.165) is 24.3 Å². The van der Waals surface area contributed by atoms with Crippen LogP contribution in [0.15, 0.2) is 30.3 Å². The fourth-order valence-electron chi connectivity index (χ4n) is 2.80.